The Morgan fingerprint density at radius 2 is 0.929 bits per heavy atom. The van der Waals surface area contributed by atoms with E-state index in [0.29, 0.717) is 80.9 Å². The Labute approximate surface area is 412 Å². The highest BCUT2D eigenvalue weighted by Gasteiger charge is 2.36. The Hall–Kier alpha value is -4.63. The van der Waals surface area contributed by atoms with Crippen LogP contribution in [0.2, 0.25) is 0 Å². The second-order valence-corrected chi connectivity index (χ2v) is 19.7. The zero-order valence-electron chi connectivity index (χ0n) is 40.4. The number of ether oxygens (including phenoxy) is 8. The molecule has 0 amide bonds. The highest BCUT2D eigenvalue weighted by atomic mass is 16.7. The van der Waals surface area contributed by atoms with Gasteiger partial charge in [-0.3, -0.25) is 0 Å². The first-order valence-corrected chi connectivity index (χ1v) is 25.4. The van der Waals surface area contributed by atoms with Crippen molar-refractivity contribution in [2.45, 2.75) is 196 Å². The monoisotopic (exact) mass is 965 g/mol. The van der Waals surface area contributed by atoms with E-state index >= 15 is 0 Å². The quantitative estimate of drug-likeness (QED) is 0.0560. The summed E-state index contributed by atoms with van der Waals surface area (Å²) >= 11 is 0. The van der Waals surface area contributed by atoms with E-state index in [0.717, 1.165) is 43.2 Å². The molecule has 8 rings (SSSR count). The summed E-state index contributed by atoms with van der Waals surface area (Å²) in [5.74, 6) is 0.396. The van der Waals surface area contributed by atoms with Gasteiger partial charge in [-0.15, -0.1) is 0 Å². The van der Waals surface area contributed by atoms with Crippen molar-refractivity contribution in [1.29, 1.82) is 5.26 Å². The number of rotatable bonds is 20. The molecule has 4 fully saturated rings. The summed E-state index contributed by atoms with van der Waals surface area (Å²) in [6.45, 7) is 4.01. The van der Waals surface area contributed by atoms with Crippen LogP contribution in [0.25, 0.3) is 0 Å². The number of hydrogen-bond donors (Lipinski definition) is 5. The minimum absolute atomic E-state index is 0.0274. The summed E-state index contributed by atoms with van der Waals surface area (Å²) in [5.41, 5.74) is 3.30. The minimum atomic E-state index is -0.697. The lowest BCUT2D eigenvalue weighted by atomic mass is 9.94. The Bertz CT molecular complexity index is 2270. The SMILES string of the molecule is CC1CC(CCCC2CC(CC(O)CCCC3CC(CCCC(O)CC4C[C@H](C)OC(c5ccccc5O)O4)OC(c4cccc(O)c4)O3)OC(c3ccc(C#N)cc3)O2)OC(c2ccccc2O)O1. The van der Waals surface area contributed by atoms with E-state index in [9.17, 15) is 30.8 Å². The van der Waals surface area contributed by atoms with E-state index in [1.807, 2.05) is 50.2 Å². The van der Waals surface area contributed by atoms with Gasteiger partial charge >= 0.3 is 0 Å². The van der Waals surface area contributed by atoms with E-state index < -0.39 is 37.4 Å². The second kappa shape index (κ2) is 25.2. The zero-order chi connectivity index (χ0) is 49.0. The molecule has 4 aromatic carbocycles. The number of aliphatic hydroxyl groups is 2. The summed E-state index contributed by atoms with van der Waals surface area (Å²) in [6, 6.07) is 30.4. The number of phenols is 3. The lowest BCUT2D eigenvalue weighted by Crippen LogP contribution is -2.36. The molecule has 14 nitrogen and oxygen atoms in total. The lowest BCUT2D eigenvalue weighted by Gasteiger charge is -2.38. The van der Waals surface area contributed by atoms with Gasteiger partial charge in [0.1, 0.15) is 17.2 Å². The Balaban J connectivity index is 0.823. The van der Waals surface area contributed by atoms with Crippen LogP contribution in [-0.4, -0.2) is 86.6 Å². The maximum atomic E-state index is 11.5. The third-order valence-corrected chi connectivity index (χ3v) is 13.9. The number of aromatic hydroxyl groups is 3. The van der Waals surface area contributed by atoms with Gasteiger partial charge in [0.25, 0.3) is 0 Å². The normalized spacial score (nSPS) is 30.3. The van der Waals surface area contributed by atoms with Crippen LogP contribution in [0.5, 0.6) is 17.2 Å². The molecule has 14 heteroatoms. The van der Waals surface area contributed by atoms with Crippen LogP contribution in [0.1, 0.15) is 163 Å². The van der Waals surface area contributed by atoms with Crippen molar-refractivity contribution < 1.29 is 63.4 Å². The highest BCUT2D eigenvalue weighted by Crippen LogP contribution is 2.40. The summed E-state index contributed by atoms with van der Waals surface area (Å²) < 4.78 is 50.6. The van der Waals surface area contributed by atoms with Crippen molar-refractivity contribution in [2.75, 3.05) is 0 Å². The molecule has 0 radical (unpaired) electrons. The Kier molecular flexibility index (Phi) is 18.6. The molecule has 378 valence electrons. The van der Waals surface area contributed by atoms with Crippen LogP contribution in [0.4, 0.5) is 0 Å². The van der Waals surface area contributed by atoms with Crippen LogP contribution in [0.15, 0.2) is 97.1 Å². The van der Waals surface area contributed by atoms with Crippen molar-refractivity contribution >= 4 is 0 Å². The molecule has 4 aromatic rings. The predicted octanol–water partition coefficient (Wildman–Crippen LogP) is 10.5. The minimum Gasteiger partial charge on any atom is -0.508 e. The van der Waals surface area contributed by atoms with Gasteiger partial charge in [-0.25, -0.2) is 0 Å². The second-order valence-electron chi connectivity index (χ2n) is 19.7. The predicted molar refractivity (Wildman–Crippen MR) is 258 cm³/mol. The number of nitriles is 1. The number of benzene rings is 4. The fraction of sp³-hybridized carbons (Fsp3) is 0.554. The molecule has 0 aromatic heterocycles. The number of nitrogens with zero attached hydrogens (tertiary/aromatic N) is 1. The smallest absolute Gasteiger partial charge is 0.187 e. The van der Waals surface area contributed by atoms with Crippen LogP contribution in [0, 0.1) is 11.3 Å². The molecular weight excluding hydrogens is 895 g/mol. The molecule has 0 aliphatic carbocycles. The zero-order valence-corrected chi connectivity index (χ0v) is 40.4. The molecule has 14 atom stereocenters. The molecule has 70 heavy (non-hydrogen) atoms. The molecule has 13 unspecified atom stereocenters. The lowest BCUT2D eigenvalue weighted by molar-refractivity contribution is -0.256. The average molecular weight is 966 g/mol. The van der Waals surface area contributed by atoms with Crippen molar-refractivity contribution in [1.82, 2.24) is 0 Å². The number of phenolic OH excluding ortho intramolecular Hbond substituents is 3. The van der Waals surface area contributed by atoms with Gasteiger partial charge in [0.15, 0.2) is 25.2 Å². The van der Waals surface area contributed by atoms with Gasteiger partial charge in [-0.2, -0.15) is 5.26 Å². The number of hydrogen-bond acceptors (Lipinski definition) is 14. The Morgan fingerprint density at radius 1 is 0.486 bits per heavy atom. The van der Waals surface area contributed by atoms with E-state index in [2.05, 4.69) is 6.07 Å². The van der Waals surface area contributed by atoms with E-state index in [1.54, 1.807) is 60.7 Å². The van der Waals surface area contributed by atoms with Gasteiger partial charge in [0, 0.05) is 35.1 Å². The van der Waals surface area contributed by atoms with Crippen molar-refractivity contribution in [2.24, 2.45) is 0 Å². The fourth-order valence-corrected chi connectivity index (χ4v) is 10.4. The molecule has 0 saturated carbocycles. The van der Waals surface area contributed by atoms with E-state index in [-0.39, 0.29) is 66.1 Å². The van der Waals surface area contributed by atoms with Crippen molar-refractivity contribution in [3.05, 3.63) is 125 Å². The van der Waals surface area contributed by atoms with Crippen LogP contribution in [0.3, 0.4) is 0 Å². The van der Waals surface area contributed by atoms with Crippen LogP contribution >= 0.6 is 0 Å². The molecule has 4 saturated heterocycles. The first-order chi connectivity index (χ1) is 33.9. The largest absolute Gasteiger partial charge is 0.508 e. The molecule has 0 spiro atoms. The standard InChI is InChI=1S/C56H71NO13/c1-35-27-43(68-55(63-35)49-19-3-5-21-51(49)61)17-10-18-46-33-48(69-53(65-46)38-25-23-37(34-57)24-26-38)31-42(60)14-9-16-45-32-44(66-54(67-45)39-11-7-12-40(58)29-39)15-8-13-41(59)30-47-28-36(2)64-56(70-47)50-20-4-6-22-52(50)62/h3-7,11-12,19-26,29,35-36,41-48,53-56,58-62H,8-10,13-18,27-28,30-33H2,1-2H3/t35?,36-,41?,42?,43?,44?,45?,46?,47?,48?,53?,54?,55?,56?/m0/s1. The first kappa shape index (κ1) is 51.7. The third kappa shape index (κ3) is 14.7. The molecule has 5 N–H and O–H groups in total. The number of aliphatic hydroxyl groups excluding tert-OH is 2. The van der Waals surface area contributed by atoms with Gasteiger partial charge in [-0.1, -0.05) is 60.7 Å². The Morgan fingerprint density at radius 3 is 1.47 bits per heavy atom. The fourth-order valence-electron chi connectivity index (χ4n) is 10.4. The van der Waals surface area contributed by atoms with Crippen molar-refractivity contribution in [3.8, 4) is 23.3 Å². The van der Waals surface area contributed by atoms with Gasteiger partial charge in [0.05, 0.1) is 72.7 Å². The third-order valence-electron chi connectivity index (χ3n) is 13.9. The van der Waals surface area contributed by atoms with Crippen LogP contribution in [-0.2, 0) is 37.9 Å². The average Bonchev–Trinajstić information content (AvgIpc) is 3.34. The molecule has 4 aliphatic heterocycles. The van der Waals surface area contributed by atoms with E-state index in [4.69, 9.17) is 37.9 Å². The topological polar surface area (TPSA) is 199 Å². The molecule has 4 heterocycles. The molecule has 4 aliphatic rings. The number of para-hydroxylation sites is 2. The molecular formula is C56H71NO13. The van der Waals surface area contributed by atoms with Gasteiger partial charge < -0.3 is 63.4 Å². The van der Waals surface area contributed by atoms with Crippen LogP contribution < -0.4 is 0 Å². The summed E-state index contributed by atoms with van der Waals surface area (Å²) in [7, 11) is 0. The summed E-state index contributed by atoms with van der Waals surface area (Å²) in [4.78, 5) is 0. The summed E-state index contributed by atoms with van der Waals surface area (Å²) in [6.07, 6.45) is 5.06. The van der Waals surface area contributed by atoms with E-state index in [1.165, 1.54) is 0 Å². The van der Waals surface area contributed by atoms with Gasteiger partial charge in [0.2, 0.25) is 0 Å². The maximum Gasteiger partial charge on any atom is 0.187 e. The maximum absolute atomic E-state index is 11.5. The van der Waals surface area contributed by atoms with Gasteiger partial charge in [-0.05, 0) is 134 Å². The summed E-state index contributed by atoms with van der Waals surface area (Å²) in [5, 5.41) is 63.2. The first-order valence-electron chi connectivity index (χ1n) is 25.4. The van der Waals surface area contributed by atoms with Crippen molar-refractivity contribution in [3.63, 3.8) is 0 Å². The highest BCUT2D eigenvalue weighted by molar-refractivity contribution is 5.34. The molecule has 0 bridgehead atoms.